The van der Waals surface area contributed by atoms with E-state index in [4.69, 9.17) is 5.11 Å². The van der Waals surface area contributed by atoms with Crippen LogP contribution >= 0.6 is 0 Å². The molecule has 1 aromatic rings. The van der Waals surface area contributed by atoms with Crippen LogP contribution in [0.25, 0.3) is 0 Å². The fraction of sp³-hybridized carbons (Fsp3) is 0.556. The van der Waals surface area contributed by atoms with Crippen LogP contribution in [0.5, 0.6) is 0 Å². The van der Waals surface area contributed by atoms with E-state index in [0.29, 0.717) is 19.3 Å². The monoisotopic (exact) mass is 274 g/mol. The zero-order valence-corrected chi connectivity index (χ0v) is 10.4. The molecule has 0 aromatic carbocycles. The van der Waals surface area contributed by atoms with Gasteiger partial charge in [0.05, 0.1) is 11.9 Å². The molecule has 3 N–H and O–H groups in total. The van der Waals surface area contributed by atoms with Crippen LogP contribution in [0.15, 0.2) is 12.4 Å². The van der Waals surface area contributed by atoms with Crippen LogP contribution < -0.4 is 4.72 Å². The van der Waals surface area contributed by atoms with Crippen molar-refractivity contribution < 1.29 is 18.3 Å². The maximum absolute atomic E-state index is 12.1. The molecule has 9 heteroatoms. The van der Waals surface area contributed by atoms with Gasteiger partial charge in [-0.2, -0.15) is 17.8 Å². The van der Waals surface area contributed by atoms with Crippen molar-refractivity contribution in [3.05, 3.63) is 12.4 Å². The van der Waals surface area contributed by atoms with Crippen LogP contribution in [-0.2, 0) is 15.0 Å². The molecule has 0 amide bonds. The Hall–Kier alpha value is -1.61. The summed E-state index contributed by atoms with van der Waals surface area (Å²) in [6, 6.07) is -0.997. The SMILES string of the molecule is O=C(O)C1CCCCN1S(=O)(=O)Nc1cn[nH]c1. The molecule has 1 aliphatic rings. The highest BCUT2D eigenvalue weighted by Crippen LogP contribution is 2.21. The highest BCUT2D eigenvalue weighted by atomic mass is 32.2. The molecule has 1 fully saturated rings. The van der Waals surface area contributed by atoms with Gasteiger partial charge in [0.15, 0.2) is 0 Å². The number of hydrogen-bond donors (Lipinski definition) is 3. The lowest BCUT2D eigenvalue weighted by Gasteiger charge is -2.31. The number of rotatable bonds is 4. The summed E-state index contributed by atoms with van der Waals surface area (Å²) in [5.41, 5.74) is 0.282. The van der Waals surface area contributed by atoms with E-state index in [9.17, 15) is 13.2 Å². The number of carbonyl (C=O) groups is 1. The Morgan fingerprint density at radius 2 is 2.33 bits per heavy atom. The average molecular weight is 274 g/mol. The fourth-order valence-electron chi connectivity index (χ4n) is 1.95. The van der Waals surface area contributed by atoms with E-state index >= 15 is 0 Å². The van der Waals surface area contributed by atoms with E-state index in [1.807, 2.05) is 0 Å². The van der Waals surface area contributed by atoms with Crippen LogP contribution in [0.3, 0.4) is 0 Å². The number of piperidine rings is 1. The molecule has 2 heterocycles. The van der Waals surface area contributed by atoms with Crippen LogP contribution in [-0.4, -0.2) is 46.6 Å². The number of H-pyrrole nitrogens is 1. The molecule has 1 unspecified atom stereocenters. The number of carboxylic acids is 1. The first-order chi connectivity index (χ1) is 8.50. The van der Waals surface area contributed by atoms with E-state index in [2.05, 4.69) is 14.9 Å². The summed E-state index contributed by atoms with van der Waals surface area (Å²) in [7, 11) is -3.86. The Bertz CT molecular complexity index is 513. The smallest absolute Gasteiger partial charge is 0.322 e. The van der Waals surface area contributed by atoms with Crippen molar-refractivity contribution in [2.24, 2.45) is 0 Å². The van der Waals surface area contributed by atoms with Crippen LogP contribution in [0.1, 0.15) is 19.3 Å². The molecule has 0 bridgehead atoms. The summed E-state index contributed by atoms with van der Waals surface area (Å²) in [4.78, 5) is 11.1. The van der Waals surface area contributed by atoms with E-state index in [-0.39, 0.29) is 12.2 Å². The van der Waals surface area contributed by atoms with Gasteiger partial charge in [0.25, 0.3) is 0 Å². The summed E-state index contributed by atoms with van der Waals surface area (Å²) >= 11 is 0. The first-order valence-electron chi connectivity index (χ1n) is 5.52. The minimum Gasteiger partial charge on any atom is -0.480 e. The maximum Gasteiger partial charge on any atom is 0.322 e. The quantitative estimate of drug-likeness (QED) is 0.715. The third kappa shape index (κ3) is 2.62. The largest absolute Gasteiger partial charge is 0.480 e. The molecule has 0 spiro atoms. The number of aromatic amines is 1. The Morgan fingerprint density at radius 1 is 1.56 bits per heavy atom. The van der Waals surface area contributed by atoms with Crippen molar-refractivity contribution in [3.8, 4) is 0 Å². The lowest BCUT2D eigenvalue weighted by atomic mass is 10.1. The molecule has 100 valence electrons. The highest BCUT2D eigenvalue weighted by molar-refractivity contribution is 7.90. The molecule has 1 atom stereocenters. The molecule has 0 aliphatic carbocycles. The van der Waals surface area contributed by atoms with E-state index < -0.39 is 22.2 Å². The molecule has 1 aromatic heterocycles. The lowest BCUT2D eigenvalue weighted by Crippen LogP contribution is -2.49. The zero-order valence-electron chi connectivity index (χ0n) is 9.54. The summed E-state index contributed by atoms with van der Waals surface area (Å²) < 4.78 is 27.4. The van der Waals surface area contributed by atoms with Gasteiger partial charge in [-0.15, -0.1) is 0 Å². The van der Waals surface area contributed by atoms with Gasteiger partial charge in [0, 0.05) is 12.7 Å². The molecule has 0 radical (unpaired) electrons. The first kappa shape index (κ1) is 12.8. The minimum absolute atomic E-state index is 0.212. The summed E-state index contributed by atoms with van der Waals surface area (Å²) in [5, 5.41) is 15.1. The van der Waals surface area contributed by atoms with Crippen molar-refractivity contribution >= 4 is 21.9 Å². The number of nitrogens with one attached hydrogen (secondary N) is 2. The van der Waals surface area contributed by atoms with Gasteiger partial charge in [0.2, 0.25) is 0 Å². The molecule has 0 saturated carbocycles. The Labute approximate surface area is 104 Å². The van der Waals surface area contributed by atoms with Gasteiger partial charge >= 0.3 is 16.2 Å². The minimum atomic E-state index is -3.86. The maximum atomic E-state index is 12.1. The molecular formula is C9H14N4O4S. The number of carboxylic acid groups (broad SMARTS) is 1. The predicted molar refractivity (Wildman–Crippen MR) is 63.1 cm³/mol. The summed E-state index contributed by atoms with van der Waals surface area (Å²) in [6.45, 7) is 0.212. The van der Waals surface area contributed by atoms with Gasteiger partial charge in [0.1, 0.15) is 6.04 Å². The topological polar surface area (TPSA) is 115 Å². The van der Waals surface area contributed by atoms with E-state index in [1.165, 1.54) is 12.4 Å². The third-order valence-corrected chi connectivity index (χ3v) is 4.34. The average Bonchev–Trinajstić information content (AvgIpc) is 2.81. The van der Waals surface area contributed by atoms with Crippen molar-refractivity contribution in [1.82, 2.24) is 14.5 Å². The van der Waals surface area contributed by atoms with Crippen molar-refractivity contribution in [1.29, 1.82) is 0 Å². The van der Waals surface area contributed by atoms with E-state index in [1.54, 1.807) is 0 Å². The molecule has 2 rings (SSSR count). The molecule has 8 nitrogen and oxygen atoms in total. The van der Waals surface area contributed by atoms with Crippen molar-refractivity contribution in [2.75, 3.05) is 11.3 Å². The first-order valence-corrected chi connectivity index (χ1v) is 6.96. The number of hydrogen-bond acceptors (Lipinski definition) is 4. The Balaban J connectivity index is 2.19. The Kier molecular flexibility index (Phi) is 3.53. The van der Waals surface area contributed by atoms with Gasteiger partial charge in [-0.1, -0.05) is 0 Å². The standard InChI is InChI=1S/C9H14N4O4S/c14-9(15)8-3-1-2-4-13(8)18(16,17)12-7-5-10-11-6-7/h5-6,8,12H,1-4H2,(H,10,11)(H,14,15). The van der Waals surface area contributed by atoms with Gasteiger partial charge < -0.3 is 5.11 Å². The second-order valence-corrected chi connectivity index (χ2v) is 5.68. The van der Waals surface area contributed by atoms with Crippen LogP contribution in [0.4, 0.5) is 5.69 Å². The fourth-order valence-corrected chi connectivity index (χ4v) is 3.38. The summed E-state index contributed by atoms with van der Waals surface area (Å²) in [5.74, 6) is -1.12. The van der Waals surface area contributed by atoms with Gasteiger partial charge in [-0.3, -0.25) is 14.6 Å². The normalized spacial score (nSPS) is 21.7. The Morgan fingerprint density at radius 3 is 2.94 bits per heavy atom. The lowest BCUT2D eigenvalue weighted by molar-refractivity contribution is -0.142. The van der Waals surface area contributed by atoms with E-state index in [0.717, 1.165) is 4.31 Å². The summed E-state index contributed by atoms with van der Waals surface area (Å²) in [6.07, 6.45) is 4.42. The van der Waals surface area contributed by atoms with Crippen LogP contribution in [0.2, 0.25) is 0 Å². The predicted octanol–water partition coefficient (Wildman–Crippen LogP) is 0.00550. The van der Waals surface area contributed by atoms with Crippen molar-refractivity contribution in [3.63, 3.8) is 0 Å². The number of nitrogens with zero attached hydrogens (tertiary/aromatic N) is 2. The molecule has 1 aliphatic heterocycles. The van der Waals surface area contributed by atoms with Gasteiger partial charge in [-0.25, -0.2) is 0 Å². The molecule has 1 saturated heterocycles. The number of aromatic nitrogens is 2. The number of anilines is 1. The van der Waals surface area contributed by atoms with Gasteiger partial charge in [-0.05, 0) is 19.3 Å². The number of aliphatic carboxylic acids is 1. The second-order valence-electron chi connectivity index (χ2n) is 4.05. The zero-order chi connectivity index (χ0) is 13.2. The third-order valence-electron chi connectivity index (χ3n) is 2.79. The second kappa shape index (κ2) is 4.94. The molecular weight excluding hydrogens is 260 g/mol. The highest BCUT2D eigenvalue weighted by Gasteiger charge is 2.36. The molecule has 18 heavy (non-hydrogen) atoms. The van der Waals surface area contributed by atoms with Crippen molar-refractivity contribution in [2.45, 2.75) is 25.3 Å². The van der Waals surface area contributed by atoms with Crippen LogP contribution in [0, 0.1) is 0 Å².